The molecule has 0 aliphatic heterocycles. The summed E-state index contributed by atoms with van der Waals surface area (Å²) in [7, 11) is -3.01. The van der Waals surface area contributed by atoms with Gasteiger partial charge in [-0.1, -0.05) is 6.07 Å². The van der Waals surface area contributed by atoms with Crippen molar-refractivity contribution in [1.82, 2.24) is 4.98 Å². The molecule has 1 aromatic heterocycles. The maximum absolute atomic E-state index is 10.8. The Kier molecular flexibility index (Phi) is 3.60. The third kappa shape index (κ3) is 3.85. The molecular weight excluding hydrogens is 202 g/mol. The lowest BCUT2D eigenvalue weighted by Crippen LogP contribution is -2.08. The fourth-order valence-corrected chi connectivity index (χ4v) is 1.72. The lowest BCUT2D eigenvalue weighted by Gasteiger charge is -2.08. The molecule has 0 amide bonds. The van der Waals surface area contributed by atoms with Gasteiger partial charge in [0.15, 0.2) is 0 Å². The molecule has 0 saturated heterocycles. The van der Waals surface area contributed by atoms with Gasteiger partial charge in [-0.25, -0.2) is 8.42 Å². The van der Waals surface area contributed by atoms with Crippen LogP contribution in [0.2, 0.25) is 0 Å². The third-order valence-corrected chi connectivity index (χ3v) is 2.81. The van der Waals surface area contributed by atoms with E-state index in [1.165, 1.54) is 6.20 Å². The molecule has 1 N–H and O–H groups in total. The number of aliphatic hydroxyl groups is 1. The number of nitrogens with zero attached hydrogens (tertiary/aromatic N) is 1. The Morgan fingerprint density at radius 2 is 2.29 bits per heavy atom. The topological polar surface area (TPSA) is 67.3 Å². The van der Waals surface area contributed by atoms with Crippen molar-refractivity contribution in [2.24, 2.45) is 0 Å². The fraction of sp³-hybridized carbons (Fsp3) is 0.444. The van der Waals surface area contributed by atoms with Crippen molar-refractivity contribution in [3.05, 3.63) is 30.1 Å². The van der Waals surface area contributed by atoms with Crippen LogP contribution in [-0.4, -0.2) is 30.5 Å². The summed E-state index contributed by atoms with van der Waals surface area (Å²) in [6, 6.07) is 3.43. The van der Waals surface area contributed by atoms with Crippen LogP contribution in [0.3, 0.4) is 0 Å². The summed E-state index contributed by atoms with van der Waals surface area (Å²) in [6.45, 7) is 0. The van der Waals surface area contributed by atoms with Crippen LogP contribution in [0.1, 0.15) is 18.1 Å². The number of aliphatic hydroxyl groups excluding tert-OH is 1. The van der Waals surface area contributed by atoms with Crippen molar-refractivity contribution >= 4 is 9.84 Å². The van der Waals surface area contributed by atoms with Gasteiger partial charge >= 0.3 is 0 Å². The van der Waals surface area contributed by atoms with E-state index in [1.807, 2.05) is 0 Å². The first-order valence-electron chi connectivity index (χ1n) is 4.25. The summed E-state index contributed by atoms with van der Waals surface area (Å²) in [4.78, 5) is 3.84. The van der Waals surface area contributed by atoms with E-state index in [9.17, 15) is 13.5 Å². The second-order valence-electron chi connectivity index (χ2n) is 3.22. The van der Waals surface area contributed by atoms with E-state index in [0.29, 0.717) is 5.56 Å². The Balaban J connectivity index is 2.56. The minimum absolute atomic E-state index is 0.0109. The van der Waals surface area contributed by atoms with Crippen LogP contribution in [0.25, 0.3) is 0 Å². The monoisotopic (exact) mass is 215 g/mol. The second kappa shape index (κ2) is 4.52. The molecule has 14 heavy (non-hydrogen) atoms. The van der Waals surface area contributed by atoms with Crippen LogP contribution in [0.4, 0.5) is 0 Å². The Bertz CT molecular complexity index is 374. The highest BCUT2D eigenvalue weighted by Gasteiger charge is 2.10. The predicted molar refractivity (Wildman–Crippen MR) is 53.5 cm³/mol. The Labute approximate surface area is 83.5 Å². The molecule has 0 saturated carbocycles. The molecule has 1 unspecified atom stereocenters. The lowest BCUT2D eigenvalue weighted by atomic mass is 10.1. The number of pyridine rings is 1. The maximum atomic E-state index is 10.8. The van der Waals surface area contributed by atoms with Gasteiger partial charge in [-0.2, -0.15) is 0 Å². The highest BCUT2D eigenvalue weighted by atomic mass is 32.2. The molecule has 0 bridgehead atoms. The smallest absolute Gasteiger partial charge is 0.147 e. The SMILES string of the molecule is CS(=O)(=O)CCC(O)c1cccnc1. The van der Waals surface area contributed by atoms with Crippen molar-refractivity contribution in [1.29, 1.82) is 0 Å². The number of hydrogen-bond acceptors (Lipinski definition) is 4. The van der Waals surface area contributed by atoms with Crippen molar-refractivity contribution in [3.8, 4) is 0 Å². The van der Waals surface area contributed by atoms with E-state index in [-0.39, 0.29) is 12.2 Å². The van der Waals surface area contributed by atoms with Gasteiger partial charge in [-0.3, -0.25) is 4.98 Å². The quantitative estimate of drug-likeness (QED) is 0.796. The molecule has 0 aliphatic carbocycles. The van der Waals surface area contributed by atoms with E-state index in [1.54, 1.807) is 18.3 Å². The van der Waals surface area contributed by atoms with E-state index < -0.39 is 15.9 Å². The van der Waals surface area contributed by atoms with Crippen LogP contribution in [0.5, 0.6) is 0 Å². The maximum Gasteiger partial charge on any atom is 0.147 e. The van der Waals surface area contributed by atoms with Crippen molar-refractivity contribution < 1.29 is 13.5 Å². The summed E-state index contributed by atoms with van der Waals surface area (Å²) >= 11 is 0. The number of rotatable bonds is 4. The molecule has 0 spiro atoms. The van der Waals surface area contributed by atoms with E-state index in [0.717, 1.165) is 6.26 Å². The largest absolute Gasteiger partial charge is 0.388 e. The van der Waals surface area contributed by atoms with Gasteiger partial charge in [0.25, 0.3) is 0 Å². The predicted octanol–water partition coefficient (Wildman–Crippen LogP) is 0.550. The van der Waals surface area contributed by atoms with E-state index >= 15 is 0 Å². The second-order valence-corrected chi connectivity index (χ2v) is 5.48. The fourth-order valence-electron chi connectivity index (χ4n) is 1.07. The standard InChI is InChI=1S/C9H13NO3S/c1-14(12,13)6-4-9(11)8-3-2-5-10-7-8/h2-3,5,7,9,11H,4,6H2,1H3. The van der Waals surface area contributed by atoms with Gasteiger partial charge in [0.2, 0.25) is 0 Å². The van der Waals surface area contributed by atoms with Crippen LogP contribution in [0.15, 0.2) is 24.5 Å². The molecular formula is C9H13NO3S. The van der Waals surface area contributed by atoms with Crippen LogP contribution in [0, 0.1) is 0 Å². The molecule has 1 rings (SSSR count). The molecule has 5 heteroatoms. The number of aromatic nitrogens is 1. The normalized spacial score (nSPS) is 13.9. The summed E-state index contributed by atoms with van der Waals surface area (Å²) in [5, 5.41) is 9.58. The van der Waals surface area contributed by atoms with Crippen molar-refractivity contribution in [2.75, 3.05) is 12.0 Å². The summed E-state index contributed by atoms with van der Waals surface area (Å²) in [6.07, 6.45) is 3.76. The third-order valence-electron chi connectivity index (χ3n) is 1.83. The van der Waals surface area contributed by atoms with Gasteiger partial charge in [0.1, 0.15) is 9.84 Å². The van der Waals surface area contributed by atoms with Crippen LogP contribution in [-0.2, 0) is 9.84 Å². The minimum atomic E-state index is -3.01. The van der Waals surface area contributed by atoms with E-state index in [2.05, 4.69) is 4.98 Å². The first kappa shape index (κ1) is 11.1. The molecule has 1 heterocycles. The zero-order chi connectivity index (χ0) is 10.6. The summed E-state index contributed by atoms with van der Waals surface area (Å²) < 4.78 is 21.7. The first-order chi connectivity index (χ1) is 6.49. The van der Waals surface area contributed by atoms with Gasteiger partial charge < -0.3 is 5.11 Å². The Morgan fingerprint density at radius 1 is 1.57 bits per heavy atom. The summed E-state index contributed by atoms with van der Waals surface area (Å²) in [5.41, 5.74) is 0.649. The van der Waals surface area contributed by atoms with Gasteiger partial charge in [0.05, 0.1) is 11.9 Å². The Morgan fingerprint density at radius 3 is 2.79 bits per heavy atom. The zero-order valence-electron chi connectivity index (χ0n) is 7.92. The Hall–Kier alpha value is -0.940. The minimum Gasteiger partial charge on any atom is -0.388 e. The molecule has 1 aromatic rings. The lowest BCUT2D eigenvalue weighted by molar-refractivity contribution is 0.174. The first-order valence-corrected chi connectivity index (χ1v) is 6.31. The van der Waals surface area contributed by atoms with Crippen LogP contribution < -0.4 is 0 Å². The van der Waals surface area contributed by atoms with Gasteiger partial charge in [0, 0.05) is 18.6 Å². The van der Waals surface area contributed by atoms with E-state index in [4.69, 9.17) is 0 Å². The number of sulfone groups is 1. The van der Waals surface area contributed by atoms with Gasteiger partial charge in [-0.15, -0.1) is 0 Å². The van der Waals surface area contributed by atoms with Crippen LogP contribution >= 0.6 is 0 Å². The van der Waals surface area contributed by atoms with Crippen molar-refractivity contribution in [3.63, 3.8) is 0 Å². The molecule has 0 radical (unpaired) electrons. The zero-order valence-corrected chi connectivity index (χ0v) is 8.74. The molecule has 1 atom stereocenters. The molecule has 0 aromatic carbocycles. The van der Waals surface area contributed by atoms with Gasteiger partial charge in [-0.05, 0) is 18.1 Å². The average Bonchev–Trinajstić information content (AvgIpc) is 2.14. The average molecular weight is 215 g/mol. The molecule has 0 fully saturated rings. The van der Waals surface area contributed by atoms with Crippen molar-refractivity contribution in [2.45, 2.75) is 12.5 Å². The highest BCUT2D eigenvalue weighted by molar-refractivity contribution is 7.90. The number of hydrogen-bond donors (Lipinski definition) is 1. The molecule has 78 valence electrons. The molecule has 0 aliphatic rings. The highest BCUT2D eigenvalue weighted by Crippen LogP contribution is 2.15. The summed E-state index contributed by atoms with van der Waals surface area (Å²) in [5.74, 6) is -0.0109. The molecule has 4 nitrogen and oxygen atoms in total.